The summed E-state index contributed by atoms with van der Waals surface area (Å²) in [6.45, 7) is -0.591. The molecule has 0 saturated carbocycles. The van der Waals surface area contributed by atoms with E-state index in [1.165, 1.54) is 4.68 Å². The summed E-state index contributed by atoms with van der Waals surface area (Å²) < 4.78 is 1.40. The largest absolute Gasteiger partial charge is 0.465 e. The highest BCUT2D eigenvalue weighted by Crippen LogP contribution is 2.09. The smallest absolute Gasteiger partial charge is 0.408 e. The Labute approximate surface area is 127 Å². The fourth-order valence-electron chi connectivity index (χ4n) is 2.03. The van der Waals surface area contributed by atoms with Crippen molar-refractivity contribution in [1.82, 2.24) is 9.58 Å². The molecule has 1 heterocycles. The second kappa shape index (κ2) is 7.28. The topological polar surface area (TPSA) is 94.8 Å². The molecule has 1 atom stereocenters. The molecule has 22 heavy (non-hydrogen) atoms. The van der Waals surface area contributed by atoms with Crippen LogP contribution in [0.25, 0.3) is 0 Å². The SMILES string of the molecule is O=C(Nn1cccc1)[C@H](CO)N(Cc1ccccc1)C(=O)O. The third-order valence-corrected chi connectivity index (χ3v) is 3.14. The van der Waals surface area contributed by atoms with Crippen LogP contribution in [0.15, 0.2) is 54.9 Å². The Kier molecular flexibility index (Phi) is 5.16. The van der Waals surface area contributed by atoms with Crippen LogP contribution >= 0.6 is 0 Å². The van der Waals surface area contributed by atoms with E-state index in [0.29, 0.717) is 0 Å². The number of carbonyl (C=O) groups is 2. The Morgan fingerprint density at radius 2 is 1.77 bits per heavy atom. The molecular formula is C15H17N3O4. The molecule has 0 aliphatic heterocycles. The molecule has 1 aromatic carbocycles. The summed E-state index contributed by atoms with van der Waals surface area (Å²) in [5.41, 5.74) is 3.24. The van der Waals surface area contributed by atoms with Crippen molar-refractivity contribution < 1.29 is 19.8 Å². The number of carbonyl (C=O) groups excluding carboxylic acids is 1. The van der Waals surface area contributed by atoms with E-state index < -0.39 is 24.6 Å². The van der Waals surface area contributed by atoms with Gasteiger partial charge >= 0.3 is 6.09 Å². The van der Waals surface area contributed by atoms with E-state index in [0.717, 1.165) is 10.5 Å². The average molecular weight is 303 g/mol. The lowest BCUT2D eigenvalue weighted by Gasteiger charge is -2.27. The highest BCUT2D eigenvalue weighted by Gasteiger charge is 2.29. The van der Waals surface area contributed by atoms with Gasteiger partial charge in [-0.1, -0.05) is 30.3 Å². The Bertz CT molecular complexity index is 613. The standard InChI is InChI=1S/C15H17N3O4/c19-11-13(14(20)16-17-8-4-5-9-17)18(15(21)22)10-12-6-2-1-3-7-12/h1-9,13,19H,10-11H2,(H,16,20)(H,21,22)/t13-/m0/s1. The van der Waals surface area contributed by atoms with Crippen molar-refractivity contribution in [3.63, 3.8) is 0 Å². The molecule has 1 aromatic heterocycles. The fourth-order valence-corrected chi connectivity index (χ4v) is 2.03. The van der Waals surface area contributed by atoms with E-state index in [4.69, 9.17) is 0 Å². The van der Waals surface area contributed by atoms with Crippen LogP contribution in [0.3, 0.4) is 0 Å². The van der Waals surface area contributed by atoms with Crippen molar-refractivity contribution in [2.45, 2.75) is 12.6 Å². The van der Waals surface area contributed by atoms with Crippen LogP contribution in [0.2, 0.25) is 0 Å². The number of aliphatic hydroxyl groups is 1. The van der Waals surface area contributed by atoms with Gasteiger partial charge in [0, 0.05) is 18.9 Å². The number of amides is 2. The molecule has 0 radical (unpaired) electrons. The predicted molar refractivity (Wildman–Crippen MR) is 79.7 cm³/mol. The minimum atomic E-state index is -1.27. The van der Waals surface area contributed by atoms with Crippen molar-refractivity contribution >= 4 is 12.0 Å². The maximum Gasteiger partial charge on any atom is 0.408 e. The van der Waals surface area contributed by atoms with Crippen LogP contribution in [0.5, 0.6) is 0 Å². The Morgan fingerprint density at radius 3 is 2.32 bits per heavy atom. The predicted octanol–water partition coefficient (Wildman–Crippen LogP) is 1.10. The second-order valence-electron chi connectivity index (χ2n) is 4.66. The van der Waals surface area contributed by atoms with Crippen molar-refractivity contribution in [1.29, 1.82) is 0 Å². The number of nitrogens with one attached hydrogen (secondary N) is 1. The van der Waals surface area contributed by atoms with Gasteiger partial charge < -0.3 is 10.2 Å². The van der Waals surface area contributed by atoms with Crippen LogP contribution in [-0.2, 0) is 11.3 Å². The van der Waals surface area contributed by atoms with E-state index in [2.05, 4.69) is 5.43 Å². The molecule has 0 bridgehead atoms. The van der Waals surface area contributed by atoms with Gasteiger partial charge in [0.2, 0.25) is 0 Å². The first kappa shape index (κ1) is 15.6. The van der Waals surface area contributed by atoms with Gasteiger partial charge in [-0.15, -0.1) is 0 Å². The first-order valence-corrected chi connectivity index (χ1v) is 6.70. The van der Waals surface area contributed by atoms with Gasteiger partial charge in [0.05, 0.1) is 6.61 Å². The molecule has 0 saturated heterocycles. The molecule has 7 heteroatoms. The molecular weight excluding hydrogens is 286 g/mol. The van der Waals surface area contributed by atoms with E-state index in [1.807, 2.05) is 6.07 Å². The zero-order valence-electron chi connectivity index (χ0n) is 11.8. The molecule has 0 aliphatic carbocycles. The lowest BCUT2D eigenvalue weighted by atomic mass is 10.2. The van der Waals surface area contributed by atoms with Crippen molar-refractivity contribution in [3.8, 4) is 0 Å². The van der Waals surface area contributed by atoms with Gasteiger partial charge in [0.25, 0.3) is 5.91 Å². The molecule has 116 valence electrons. The average Bonchev–Trinajstić information content (AvgIpc) is 3.00. The maximum atomic E-state index is 12.2. The zero-order valence-corrected chi connectivity index (χ0v) is 11.8. The number of benzene rings is 1. The first-order valence-electron chi connectivity index (χ1n) is 6.70. The molecule has 7 nitrogen and oxygen atoms in total. The highest BCUT2D eigenvalue weighted by atomic mass is 16.4. The van der Waals surface area contributed by atoms with E-state index in [-0.39, 0.29) is 6.54 Å². The van der Waals surface area contributed by atoms with Crippen molar-refractivity contribution in [2.75, 3.05) is 12.0 Å². The molecule has 2 amide bonds. The monoisotopic (exact) mass is 303 g/mol. The fraction of sp³-hybridized carbons (Fsp3) is 0.200. The molecule has 0 spiro atoms. The summed E-state index contributed by atoms with van der Waals surface area (Å²) in [5.74, 6) is -0.600. The Balaban J connectivity index is 2.13. The molecule has 2 aromatic rings. The van der Waals surface area contributed by atoms with Gasteiger partial charge in [0.15, 0.2) is 0 Å². The summed E-state index contributed by atoms with van der Waals surface area (Å²) >= 11 is 0. The number of nitrogens with zero attached hydrogens (tertiary/aromatic N) is 2. The van der Waals surface area contributed by atoms with Crippen LogP contribution < -0.4 is 5.43 Å². The number of hydrogen-bond acceptors (Lipinski definition) is 3. The molecule has 0 aliphatic rings. The molecule has 0 fully saturated rings. The maximum absolute atomic E-state index is 12.2. The zero-order chi connectivity index (χ0) is 15.9. The van der Waals surface area contributed by atoms with Crippen LogP contribution in [0.1, 0.15) is 5.56 Å². The summed E-state index contributed by atoms with van der Waals surface area (Å²) in [5, 5.41) is 18.8. The Morgan fingerprint density at radius 1 is 1.14 bits per heavy atom. The number of aromatic nitrogens is 1. The van der Waals surface area contributed by atoms with Crippen molar-refractivity contribution in [2.24, 2.45) is 0 Å². The molecule has 2 rings (SSSR count). The molecule has 0 unspecified atom stereocenters. The van der Waals surface area contributed by atoms with Gasteiger partial charge in [-0.3, -0.25) is 19.8 Å². The summed E-state index contributed by atoms with van der Waals surface area (Å²) in [4.78, 5) is 24.5. The summed E-state index contributed by atoms with van der Waals surface area (Å²) in [6, 6.07) is 11.1. The minimum Gasteiger partial charge on any atom is -0.465 e. The molecule has 3 N–H and O–H groups in total. The Hall–Kier alpha value is -2.80. The quantitative estimate of drug-likeness (QED) is 0.744. The van der Waals surface area contributed by atoms with E-state index in [9.17, 15) is 19.8 Å². The third-order valence-electron chi connectivity index (χ3n) is 3.14. The summed E-state index contributed by atoms with van der Waals surface area (Å²) in [6.07, 6.45) is 1.94. The first-order chi connectivity index (χ1) is 10.6. The second-order valence-corrected chi connectivity index (χ2v) is 4.66. The third kappa shape index (κ3) is 3.86. The van der Waals surface area contributed by atoms with Crippen LogP contribution in [0, 0.1) is 0 Å². The van der Waals surface area contributed by atoms with Crippen LogP contribution in [-0.4, -0.2) is 44.4 Å². The van der Waals surface area contributed by atoms with E-state index in [1.54, 1.807) is 48.8 Å². The lowest BCUT2D eigenvalue weighted by molar-refractivity contribution is -0.123. The normalized spacial score (nSPS) is 11.7. The van der Waals surface area contributed by atoms with Gasteiger partial charge in [-0.25, -0.2) is 4.79 Å². The number of aliphatic hydroxyl groups excluding tert-OH is 1. The van der Waals surface area contributed by atoms with Gasteiger partial charge in [-0.05, 0) is 17.7 Å². The minimum absolute atomic E-state index is 0.0144. The van der Waals surface area contributed by atoms with Crippen molar-refractivity contribution in [3.05, 3.63) is 60.4 Å². The highest BCUT2D eigenvalue weighted by molar-refractivity contribution is 5.91. The summed E-state index contributed by atoms with van der Waals surface area (Å²) in [7, 11) is 0. The van der Waals surface area contributed by atoms with E-state index >= 15 is 0 Å². The number of rotatable bonds is 6. The lowest BCUT2D eigenvalue weighted by Crippen LogP contribution is -2.49. The number of carboxylic acid groups (broad SMARTS) is 1. The number of hydrogen-bond donors (Lipinski definition) is 3. The van der Waals surface area contributed by atoms with Crippen LogP contribution in [0.4, 0.5) is 4.79 Å². The van der Waals surface area contributed by atoms with Gasteiger partial charge in [0.1, 0.15) is 6.04 Å². The van der Waals surface area contributed by atoms with Gasteiger partial charge in [-0.2, -0.15) is 0 Å².